The second kappa shape index (κ2) is 3.14. The minimum absolute atomic E-state index is 0.154. The Labute approximate surface area is 89.8 Å². The lowest BCUT2D eigenvalue weighted by Crippen LogP contribution is -2.74. The van der Waals surface area contributed by atoms with Crippen molar-refractivity contribution in [3.63, 3.8) is 0 Å². The van der Waals surface area contributed by atoms with Gasteiger partial charge in [0.05, 0.1) is 0 Å². The van der Waals surface area contributed by atoms with E-state index in [1.165, 1.54) is 0 Å². The van der Waals surface area contributed by atoms with Crippen molar-refractivity contribution < 1.29 is 9.59 Å². The van der Waals surface area contributed by atoms with E-state index in [4.69, 9.17) is 24.4 Å². The quantitative estimate of drug-likeness (QED) is 0.351. The average molecular weight is 230 g/mol. The van der Waals surface area contributed by atoms with Crippen LogP contribution < -0.4 is 21.3 Å². The fourth-order valence-corrected chi connectivity index (χ4v) is 1.79. The Kier molecular flexibility index (Phi) is 2.08. The van der Waals surface area contributed by atoms with Gasteiger partial charge in [0.25, 0.3) is 11.8 Å². The Morgan fingerprint density at radius 2 is 1.21 bits per heavy atom. The van der Waals surface area contributed by atoms with E-state index in [0.717, 1.165) is 0 Å². The van der Waals surface area contributed by atoms with Crippen LogP contribution in [0.4, 0.5) is 0 Å². The third-order valence-corrected chi connectivity index (χ3v) is 2.38. The highest BCUT2D eigenvalue weighted by atomic mass is 32.1. The molecule has 2 unspecified atom stereocenters. The van der Waals surface area contributed by atoms with Gasteiger partial charge in [-0.1, -0.05) is 0 Å². The maximum Gasteiger partial charge on any atom is 0.251 e. The Bertz CT molecular complexity index is 322. The van der Waals surface area contributed by atoms with Crippen LogP contribution in [0, 0.1) is 0 Å². The van der Waals surface area contributed by atoms with Crippen LogP contribution in [0.2, 0.25) is 0 Å². The first-order valence-electron chi connectivity index (χ1n) is 3.80. The van der Waals surface area contributed by atoms with Crippen molar-refractivity contribution in [1.82, 2.24) is 21.3 Å². The number of carbonyl (C=O) groups is 2. The smallest absolute Gasteiger partial charge is 0.251 e. The third-order valence-electron chi connectivity index (χ3n) is 1.94. The van der Waals surface area contributed by atoms with Gasteiger partial charge in [-0.25, -0.2) is 0 Å². The first kappa shape index (κ1) is 9.28. The maximum atomic E-state index is 11.4. The molecule has 0 aromatic carbocycles. The highest BCUT2D eigenvalue weighted by Gasteiger charge is 2.42. The monoisotopic (exact) mass is 230 g/mol. The largest absolute Gasteiger partial charge is 0.348 e. The highest BCUT2D eigenvalue weighted by Crippen LogP contribution is 2.04. The van der Waals surface area contributed by atoms with Crippen molar-refractivity contribution in [2.75, 3.05) is 0 Å². The molecular formula is C6H6N4O2S2. The van der Waals surface area contributed by atoms with Crippen molar-refractivity contribution in [3.8, 4) is 0 Å². The van der Waals surface area contributed by atoms with Gasteiger partial charge in [-0.15, -0.1) is 0 Å². The second-order valence-electron chi connectivity index (χ2n) is 2.88. The Hall–Kier alpha value is -1.28. The Morgan fingerprint density at radius 1 is 0.857 bits per heavy atom. The van der Waals surface area contributed by atoms with Crippen LogP contribution in [-0.4, -0.2) is 34.1 Å². The summed E-state index contributed by atoms with van der Waals surface area (Å²) >= 11 is 9.50. The minimum Gasteiger partial charge on any atom is -0.348 e. The fourth-order valence-electron chi connectivity index (χ4n) is 1.33. The van der Waals surface area contributed by atoms with E-state index in [0.29, 0.717) is 0 Å². The van der Waals surface area contributed by atoms with Gasteiger partial charge < -0.3 is 21.3 Å². The van der Waals surface area contributed by atoms with Gasteiger partial charge in [-0.05, 0) is 24.4 Å². The molecule has 14 heavy (non-hydrogen) atoms. The molecule has 0 radical (unpaired) electrons. The molecule has 8 heteroatoms. The lowest BCUT2D eigenvalue weighted by atomic mass is 10.0. The van der Waals surface area contributed by atoms with E-state index >= 15 is 0 Å². The first-order chi connectivity index (χ1) is 6.58. The maximum absolute atomic E-state index is 11.4. The number of hydrogen-bond donors (Lipinski definition) is 4. The molecule has 6 nitrogen and oxygen atoms in total. The number of hydrogen-bond acceptors (Lipinski definition) is 4. The van der Waals surface area contributed by atoms with Gasteiger partial charge in [0.2, 0.25) is 0 Å². The van der Waals surface area contributed by atoms with Gasteiger partial charge in [0.1, 0.15) is 12.1 Å². The molecule has 2 heterocycles. The standard InChI is InChI=1S/C6H6N4O2S2/c11-3-1-2(8-6(14)9-3)4(12)10-5(13)7-1/h1-2H,(H2,7,10,12,13)(H2,8,9,11,14). The molecule has 0 saturated carbocycles. The molecule has 0 aliphatic carbocycles. The molecule has 0 bridgehead atoms. The lowest BCUT2D eigenvalue weighted by molar-refractivity contribution is -0.130. The van der Waals surface area contributed by atoms with E-state index in [2.05, 4.69) is 21.3 Å². The van der Waals surface area contributed by atoms with E-state index in [9.17, 15) is 9.59 Å². The molecule has 2 fully saturated rings. The topological polar surface area (TPSA) is 82.3 Å². The van der Waals surface area contributed by atoms with Crippen molar-refractivity contribution >= 4 is 46.5 Å². The molecule has 0 aromatic rings. The van der Waals surface area contributed by atoms with Crippen LogP contribution in [0.5, 0.6) is 0 Å². The summed E-state index contributed by atoms with van der Waals surface area (Å²) in [7, 11) is 0. The molecule has 2 aliphatic rings. The second-order valence-corrected chi connectivity index (χ2v) is 3.70. The minimum atomic E-state index is -0.692. The van der Waals surface area contributed by atoms with Gasteiger partial charge in [0, 0.05) is 0 Å². The van der Waals surface area contributed by atoms with E-state index in [1.54, 1.807) is 0 Å². The Morgan fingerprint density at radius 3 is 1.57 bits per heavy atom. The van der Waals surface area contributed by atoms with Gasteiger partial charge in [0.15, 0.2) is 10.2 Å². The van der Waals surface area contributed by atoms with Crippen molar-refractivity contribution in [1.29, 1.82) is 0 Å². The summed E-state index contributed by atoms with van der Waals surface area (Å²) in [5.74, 6) is -0.702. The SMILES string of the molecule is O=C1NC(=S)NC2C(=O)NC(=S)NC12. The molecule has 2 rings (SSSR count). The molecule has 2 amide bonds. The third kappa shape index (κ3) is 1.42. The number of amides is 2. The average Bonchev–Trinajstić information content (AvgIpc) is 2.07. The zero-order valence-corrected chi connectivity index (χ0v) is 8.42. The predicted molar refractivity (Wildman–Crippen MR) is 55.3 cm³/mol. The van der Waals surface area contributed by atoms with Crippen LogP contribution in [0.25, 0.3) is 0 Å². The van der Waals surface area contributed by atoms with Crippen LogP contribution in [-0.2, 0) is 9.59 Å². The van der Waals surface area contributed by atoms with Crippen LogP contribution >= 0.6 is 24.4 Å². The zero-order valence-electron chi connectivity index (χ0n) is 6.79. The van der Waals surface area contributed by atoms with E-state index in [1.807, 2.05) is 0 Å². The summed E-state index contributed by atoms with van der Waals surface area (Å²) in [6, 6.07) is -1.38. The molecule has 0 spiro atoms. The molecular weight excluding hydrogens is 224 g/mol. The van der Waals surface area contributed by atoms with Gasteiger partial charge in [-0.3, -0.25) is 9.59 Å². The molecule has 2 aliphatic heterocycles. The fraction of sp³-hybridized carbons (Fsp3) is 0.333. The van der Waals surface area contributed by atoms with Crippen molar-refractivity contribution in [2.45, 2.75) is 12.1 Å². The predicted octanol–water partition coefficient (Wildman–Crippen LogP) is -2.27. The van der Waals surface area contributed by atoms with Crippen molar-refractivity contribution in [2.24, 2.45) is 0 Å². The first-order valence-corrected chi connectivity index (χ1v) is 4.62. The molecule has 2 saturated heterocycles. The molecule has 0 aromatic heterocycles. The summed E-state index contributed by atoms with van der Waals surface area (Å²) in [6.45, 7) is 0. The summed E-state index contributed by atoms with van der Waals surface area (Å²) < 4.78 is 0. The number of carbonyl (C=O) groups excluding carboxylic acids is 2. The van der Waals surface area contributed by atoms with Crippen LogP contribution in [0.15, 0.2) is 0 Å². The lowest BCUT2D eigenvalue weighted by Gasteiger charge is -2.36. The summed E-state index contributed by atoms with van der Waals surface area (Å²) in [6.07, 6.45) is 0. The van der Waals surface area contributed by atoms with Gasteiger partial charge in [-0.2, -0.15) is 0 Å². The molecule has 4 N–H and O–H groups in total. The summed E-state index contributed by atoms with van der Waals surface area (Å²) in [5.41, 5.74) is 0. The van der Waals surface area contributed by atoms with Gasteiger partial charge >= 0.3 is 0 Å². The number of fused-ring (bicyclic) bond motifs is 1. The van der Waals surface area contributed by atoms with Crippen molar-refractivity contribution in [3.05, 3.63) is 0 Å². The summed E-state index contributed by atoms with van der Waals surface area (Å²) in [4.78, 5) is 22.8. The Balaban J connectivity index is 2.26. The van der Waals surface area contributed by atoms with E-state index < -0.39 is 12.1 Å². The van der Waals surface area contributed by atoms with Crippen LogP contribution in [0.1, 0.15) is 0 Å². The normalized spacial score (nSPS) is 30.9. The zero-order chi connectivity index (χ0) is 10.3. The number of rotatable bonds is 0. The number of thiocarbonyl (C=S) groups is 2. The number of nitrogens with one attached hydrogen (secondary N) is 4. The van der Waals surface area contributed by atoms with Crippen LogP contribution in [0.3, 0.4) is 0 Å². The highest BCUT2D eigenvalue weighted by molar-refractivity contribution is 7.80. The molecule has 2 atom stereocenters. The molecule has 74 valence electrons. The van der Waals surface area contributed by atoms with E-state index in [-0.39, 0.29) is 22.0 Å². The summed E-state index contributed by atoms with van der Waals surface area (Å²) in [5, 5.41) is 10.5.